The molecule has 1 aromatic heterocycles. The van der Waals surface area contributed by atoms with E-state index in [9.17, 15) is 14.9 Å². The fourth-order valence-corrected chi connectivity index (χ4v) is 3.88. The molecule has 1 atom stereocenters. The molecule has 0 radical (unpaired) electrons. The molecule has 1 unspecified atom stereocenters. The van der Waals surface area contributed by atoms with Crippen LogP contribution >= 0.6 is 0 Å². The predicted octanol–water partition coefficient (Wildman–Crippen LogP) is 2.31. The summed E-state index contributed by atoms with van der Waals surface area (Å²) >= 11 is 0. The van der Waals surface area contributed by atoms with Crippen molar-refractivity contribution < 1.29 is 9.72 Å². The molecule has 1 saturated heterocycles. The number of pyridine rings is 1. The monoisotopic (exact) mass is 406 g/mol. The third-order valence-corrected chi connectivity index (χ3v) is 5.33. The van der Waals surface area contributed by atoms with Gasteiger partial charge in [-0.3, -0.25) is 24.8 Å². The van der Waals surface area contributed by atoms with Crippen LogP contribution in [-0.4, -0.2) is 51.9 Å². The van der Waals surface area contributed by atoms with Gasteiger partial charge in [0.05, 0.1) is 16.0 Å². The molecule has 2 heterocycles. The molecule has 2 aromatic carbocycles. The molecule has 0 bridgehead atoms. The van der Waals surface area contributed by atoms with Crippen LogP contribution in [0.3, 0.4) is 0 Å². The number of fused-ring (bicyclic) bond motifs is 1. The highest BCUT2D eigenvalue weighted by Crippen LogP contribution is 2.31. The first-order chi connectivity index (χ1) is 14.5. The Morgan fingerprint density at radius 2 is 1.80 bits per heavy atom. The highest BCUT2D eigenvalue weighted by atomic mass is 16.6. The normalized spacial score (nSPS) is 16.3. The minimum absolute atomic E-state index is 0.0284. The van der Waals surface area contributed by atoms with Crippen molar-refractivity contribution in [1.82, 2.24) is 14.9 Å². The number of amides is 1. The van der Waals surface area contributed by atoms with Crippen molar-refractivity contribution in [3.05, 3.63) is 76.6 Å². The minimum atomic E-state index is -0.459. The van der Waals surface area contributed by atoms with E-state index in [1.807, 2.05) is 35.3 Å². The smallest absolute Gasteiger partial charge is 0.278 e. The van der Waals surface area contributed by atoms with Gasteiger partial charge in [0.25, 0.3) is 5.69 Å². The van der Waals surface area contributed by atoms with Crippen LogP contribution in [0.2, 0.25) is 0 Å². The van der Waals surface area contributed by atoms with E-state index in [4.69, 9.17) is 5.73 Å². The van der Waals surface area contributed by atoms with Gasteiger partial charge in [-0.25, -0.2) is 5.01 Å². The number of piperazine rings is 1. The average Bonchev–Trinajstić information content (AvgIpc) is 2.75. The number of hydrogen-bond donors (Lipinski definition) is 2. The van der Waals surface area contributed by atoms with Gasteiger partial charge in [-0.1, -0.05) is 30.3 Å². The first-order valence-electron chi connectivity index (χ1n) is 9.65. The van der Waals surface area contributed by atoms with E-state index < -0.39 is 11.0 Å². The van der Waals surface area contributed by atoms with E-state index in [2.05, 4.69) is 15.3 Å². The summed E-state index contributed by atoms with van der Waals surface area (Å²) in [5, 5.41) is 14.6. The molecular weight excluding hydrogens is 384 g/mol. The highest BCUT2D eigenvalue weighted by Gasteiger charge is 2.29. The van der Waals surface area contributed by atoms with E-state index in [-0.39, 0.29) is 11.6 Å². The molecule has 9 heteroatoms. The molecule has 0 aliphatic carbocycles. The van der Waals surface area contributed by atoms with E-state index in [1.165, 1.54) is 12.3 Å². The molecule has 4 rings (SSSR count). The van der Waals surface area contributed by atoms with Gasteiger partial charge in [-0.2, -0.15) is 0 Å². The van der Waals surface area contributed by atoms with Crippen LogP contribution in [0.4, 0.5) is 11.4 Å². The standard InChI is InChI=1S/C21H22N6O3/c22-21(28)20(15-4-2-1-3-5-15)25-10-12-26(13-11-25)24-18-6-7-19(27(29)30)17-14-23-9-8-16(17)18/h1-9,14,20,24H,10-13H2,(H2,22,28). The topological polar surface area (TPSA) is 118 Å². The van der Waals surface area contributed by atoms with Crippen LogP contribution in [0, 0.1) is 10.1 Å². The number of benzene rings is 2. The zero-order chi connectivity index (χ0) is 21.1. The molecule has 1 aliphatic rings. The lowest BCUT2D eigenvalue weighted by molar-refractivity contribution is -0.383. The first kappa shape index (κ1) is 19.7. The van der Waals surface area contributed by atoms with Crippen molar-refractivity contribution >= 4 is 28.1 Å². The number of nitrogens with one attached hydrogen (secondary N) is 1. The summed E-state index contributed by atoms with van der Waals surface area (Å²) < 4.78 is 0. The summed E-state index contributed by atoms with van der Waals surface area (Å²) in [4.78, 5) is 29.1. The fourth-order valence-electron chi connectivity index (χ4n) is 3.88. The number of non-ortho nitro benzene ring substituents is 1. The van der Waals surface area contributed by atoms with E-state index in [1.54, 1.807) is 18.3 Å². The van der Waals surface area contributed by atoms with Crippen molar-refractivity contribution in [3.63, 3.8) is 0 Å². The summed E-state index contributed by atoms with van der Waals surface area (Å²) in [7, 11) is 0. The largest absolute Gasteiger partial charge is 0.368 e. The Morgan fingerprint density at radius 1 is 1.07 bits per heavy atom. The van der Waals surface area contributed by atoms with Crippen molar-refractivity contribution in [2.45, 2.75) is 6.04 Å². The zero-order valence-corrected chi connectivity index (χ0v) is 16.3. The number of anilines is 1. The Morgan fingerprint density at radius 3 is 2.47 bits per heavy atom. The van der Waals surface area contributed by atoms with E-state index in [0.29, 0.717) is 31.6 Å². The van der Waals surface area contributed by atoms with Crippen LogP contribution < -0.4 is 11.2 Å². The second kappa shape index (κ2) is 8.44. The van der Waals surface area contributed by atoms with Crippen molar-refractivity contribution in [2.75, 3.05) is 31.6 Å². The number of aromatic nitrogens is 1. The second-order valence-corrected chi connectivity index (χ2v) is 7.16. The Bertz CT molecular complexity index is 1070. The molecule has 0 spiro atoms. The molecular formula is C21H22N6O3. The summed E-state index contributed by atoms with van der Waals surface area (Å²) in [5.41, 5.74) is 10.7. The van der Waals surface area contributed by atoms with Gasteiger partial charge in [-0.15, -0.1) is 0 Å². The second-order valence-electron chi connectivity index (χ2n) is 7.16. The Hall–Kier alpha value is -3.56. The molecule has 3 aromatic rings. The molecule has 9 nitrogen and oxygen atoms in total. The Balaban J connectivity index is 1.49. The van der Waals surface area contributed by atoms with Gasteiger partial charge in [0, 0.05) is 50.0 Å². The lowest BCUT2D eigenvalue weighted by Crippen LogP contribution is -2.51. The van der Waals surface area contributed by atoms with Gasteiger partial charge in [0.15, 0.2) is 0 Å². The lowest BCUT2D eigenvalue weighted by Gasteiger charge is -2.38. The molecule has 30 heavy (non-hydrogen) atoms. The molecule has 3 N–H and O–H groups in total. The highest BCUT2D eigenvalue weighted by molar-refractivity contribution is 5.99. The van der Waals surface area contributed by atoms with Crippen LogP contribution in [-0.2, 0) is 4.79 Å². The number of hydrogen-bond acceptors (Lipinski definition) is 7. The predicted molar refractivity (Wildman–Crippen MR) is 114 cm³/mol. The maximum absolute atomic E-state index is 12.1. The lowest BCUT2D eigenvalue weighted by atomic mass is 10.0. The third kappa shape index (κ3) is 3.93. The quantitative estimate of drug-likeness (QED) is 0.476. The van der Waals surface area contributed by atoms with Crippen molar-refractivity contribution in [2.24, 2.45) is 5.73 Å². The number of rotatable bonds is 6. The van der Waals surface area contributed by atoms with Gasteiger partial charge >= 0.3 is 0 Å². The number of primary amides is 1. The summed E-state index contributed by atoms with van der Waals surface area (Å²) in [5.74, 6) is -0.364. The van der Waals surface area contributed by atoms with Crippen LogP contribution in [0.15, 0.2) is 60.9 Å². The van der Waals surface area contributed by atoms with Gasteiger partial charge in [-0.05, 0) is 17.7 Å². The minimum Gasteiger partial charge on any atom is -0.368 e. The van der Waals surface area contributed by atoms with E-state index in [0.717, 1.165) is 16.6 Å². The Labute approximate surface area is 173 Å². The van der Waals surface area contributed by atoms with Gasteiger partial charge < -0.3 is 11.2 Å². The number of nitro groups is 1. The maximum Gasteiger partial charge on any atom is 0.278 e. The van der Waals surface area contributed by atoms with Gasteiger partial charge in [0.1, 0.15) is 6.04 Å². The average molecular weight is 406 g/mol. The Kier molecular flexibility index (Phi) is 5.55. The summed E-state index contributed by atoms with van der Waals surface area (Å²) in [6, 6.07) is 14.0. The molecule has 154 valence electrons. The zero-order valence-electron chi connectivity index (χ0n) is 16.3. The van der Waals surface area contributed by atoms with Crippen LogP contribution in [0.5, 0.6) is 0 Å². The maximum atomic E-state index is 12.1. The molecule has 1 fully saturated rings. The molecule has 1 amide bonds. The van der Waals surface area contributed by atoms with Crippen molar-refractivity contribution in [1.29, 1.82) is 0 Å². The van der Waals surface area contributed by atoms with Crippen LogP contribution in [0.25, 0.3) is 10.8 Å². The molecule has 1 aliphatic heterocycles. The van der Waals surface area contributed by atoms with Crippen molar-refractivity contribution in [3.8, 4) is 0 Å². The number of nitrogens with zero attached hydrogens (tertiary/aromatic N) is 4. The third-order valence-electron chi connectivity index (χ3n) is 5.33. The van der Waals surface area contributed by atoms with Crippen LogP contribution in [0.1, 0.15) is 11.6 Å². The molecule has 0 saturated carbocycles. The van der Waals surface area contributed by atoms with E-state index >= 15 is 0 Å². The first-order valence-corrected chi connectivity index (χ1v) is 9.65. The fraction of sp³-hybridized carbons (Fsp3) is 0.238. The number of hydrazine groups is 1. The summed E-state index contributed by atoms with van der Waals surface area (Å²) in [6.07, 6.45) is 3.13. The number of nitrogens with two attached hydrogens (primary N) is 1. The van der Waals surface area contributed by atoms with Gasteiger partial charge in [0.2, 0.25) is 5.91 Å². The number of carbonyl (C=O) groups is 1. The summed E-state index contributed by atoms with van der Waals surface area (Å²) in [6.45, 7) is 2.64. The SMILES string of the molecule is NC(=O)C(c1ccccc1)N1CCN(Nc2ccc([N+](=O)[O-])c3cnccc23)CC1. The number of carbonyl (C=O) groups excluding carboxylic acids is 1. The number of nitro benzene ring substituents is 1.